The fourth-order valence-electron chi connectivity index (χ4n) is 0.142. The Morgan fingerprint density at radius 1 is 1.40 bits per heavy atom. The van der Waals surface area contributed by atoms with E-state index in [9.17, 15) is 0 Å². The second kappa shape index (κ2) is 22.5. The van der Waals surface area contributed by atoms with Gasteiger partial charge >= 0.3 is 0 Å². The minimum Gasteiger partial charge on any atom is -0.387 e. The molecule has 63 valence electrons. The molecule has 0 rings (SSSR count). The van der Waals surface area contributed by atoms with Crippen molar-refractivity contribution >= 4 is 0 Å². The first-order valence-electron chi connectivity index (χ1n) is 2.68. The Bertz CT molecular complexity index is 34.9. The van der Waals surface area contributed by atoms with Crippen LogP contribution in [0.25, 0.3) is 0 Å². The number of methoxy groups -OCH3 is 1. The van der Waals surface area contributed by atoms with E-state index in [1.807, 2.05) is 0 Å². The maximum atomic E-state index is 4.74. The fourth-order valence-corrected chi connectivity index (χ4v) is 0.142. The normalized spacial score (nSPS) is 7.20. The molecule has 0 bridgehead atoms. The third-order valence-corrected chi connectivity index (χ3v) is 0.346. The molecule has 0 saturated carbocycles. The van der Waals surface area contributed by atoms with E-state index in [0.29, 0.717) is 19.9 Å². The van der Waals surface area contributed by atoms with Gasteiger partial charge in [-0.3, -0.25) is 0 Å². The summed E-state index contributed by atoms with van der Waals surface area (Å²) in [6.07, 6.45) is 0. The Morgan fingerprint density at radius 3 is 1.90 bits per heavy atom. The van der Waals surface area contributed by atoms with Crippen molar-refractivity contribution in [2.75, 3.05) is 27.1 Å². The molecule has 0 unspecified atom stereocenters. The van der Waals surface area contributed by atoms with Gasteiger partial charge in [-0.25, -0.2) is 0 Å². The van der Waals surface area contributed by atoms with Gasteiger partial charge in [-0.2, -0.15) is 0 Å². The average Bonchev–Trinajstić information content (AvgIpc) is 1.86. The van der Waals surface area contributed by atoms with Crippen molar-refractivity contribution < 1.29 is 39.4 Å². The van der Waals surface area contributed by atoms with Gasteiger partial charge in [0, 0.05) is 37.1 Å². The molecular formula is C6H15NNpO2-2. The van der Waals surface area contributed by atoms with Gasteiger partial charge in [0.05, 0.1) is 0 Å². The molecule has 10 heavy (non-hydrogen) atoms. The van der Waals surface area contributed by atoms with E-state index < -0.39 is 0 Å². The van der Waals surface area contributed by atoms with Crippen LogP contribution in [-0.4, -0.2) is 27.1 Å². The van der Waals surface area contributed by atoms with Gasteiger partial charge in [-0.05, 0) is 0 Å². The summed E-state index contributed by atoms with van der Waals surface area (Å²) >= 11 is 0. The van der Waals surface area contributed by atoms with Gasteiger partial charge < -0.3 is 29.1 Å². The molecule has 1 radical (unpaired) electrons. The summed E-state index contributed by atoms with van der Waals surface area (Å²) in [6, 6.07) is 0. The largest absolute Gasteiger partial charge is 0.387 e. The van der Waals surface area contributed by atoms with Gasteiger partial charge in [0.25, 0.3) is 0 Å². The molecule has 0 aromatic heterocycles. The summed E-state index contributed by atoms with van der Waals surface area (Å²) in [4.78, 5) is 0. The van der Waals surface area contributed by atoms with E-state index >= 15 is 0 Å². The van der Waals surface area contributed by atoms with Crippen molar-refractivity contribution in [2.45, 2.75) is 0 Å². The molecule has 3 nitrogen and oxygen atoms in total. The Labute approximate surface area is 85.9 Å². The Balaban J connectivity index is -0.000000107. The van der Waals surface area contributed by atoms with Crippen LogP contribution in [0.5, 0.6) is 0 Å². The van der Waals surface area contributed by atoms with E-state index in [1.165, 1.54) is 0 Å². The third kappa shape index (κ3) is 36.6. The third-order valence-electron chi connectivity index (χ3n) is 0.346. The monoisotopic (exact) mass is 369 g/mol. The molecule has 0 aromatic rings. The van der Waals surface area contributed by atoms with E-state index in [0.717, 1.165) is 0 Å². The Morgan fingerprint density at radius 2 is 1.80 bits per heavy atom. The minimum atomic E-state index is 0. The molecule has 0 aromatic carbocycles. The second-order valence-electron chi connectivity index (χ2n) is 1.10. The van der Waals surface area contributed by atoms with Gasteiger partial charge in [0.15, 0.2) is 0 Å². The predicted octanol–water partition coefficient (Wildman–Crippen LogP) is 0.220. The van der Waals surface area contributed by atoms with E-state index in [1.54, 1.807) is 7.11 Å². The molecule has 0 atom stereocenters. The minimum absolute atomic E-state index is 0. The van der Waals surface area contributed by atoms with Gasteiger partial charge in [0.1, 0.15) is 6.79 Å². The summed E-state index contributed by atoms with van der Waals surface area (Å²) < 4.78 is 9.17. The molecule has 0 aliphatic carbocycles. The van der Waals surface area contributed by atoms with Gasteiger partial charge in [0.2, 0.25) is 0 Å². The molecular weight excluding hydrogens is 355 g/mol. The molecule has 0 amide bonds. The zero-order chi connectivity index (χ0) is 7.54. The number of rotatable bonds is 3. The van der Waals surface area contributed by atoms with Crippen molar-refractivity contribution in [1.29, 1.82) is 0 Å². The standard InChI is InChI=1S/C4H9O2.C2H6N.Np/c1-3-6-4-5-2;1-2-3;/h1,3-4H2,2H3;1-3H2;/q2*-1;. The molecule has 0 spiro atoms. The van der Waals surface area contributed by atoms with Crippen molar-refractivity contribution in [3.8, 4) is 0 Å². The van der Waals surface area contributed by atoms with E-state index in [-0.39, 0.29) is 29.9 Å². The zero-order valence-corrected chi connectivity index (χ0v) is 10.1. The maximum Gasteiger partial charge on any atom is 0.142 e. The van der Waals surface area contributed by atoms with Crippen molar-refractivity contribution in [3.63, 3.8) is 0 Å². The Kier molecular flexibility index (Phi) is 38.6. The quantitative estimate of drug-likeness (QED) is 0.439. The molecule has 4 heteroatoms. The SMILES string of the molecule is [CH2-]CN.[CH2-]COCOC.[Np]. The molecule has 0 saturated heterocycles. The number of hydrogen-bond acceptors (Lipinski definition) is 3. The summed E-state index contributed by atoms with van der Waals surface area (Å²) in [5, 5.41) is 0. The topological polar surface area (TPSA) is 44.5 Å². The summed E-state index contributed by atoms with van der Waals surface area (Å²) in [5.74, 6) is 0. The molecule has 0 aliphatic rings. The van der Waals surface area contributed by atoms with Crippen LogP contribution in [-0.2, 0) is 9.47 Å². The van der Waals surface area contributed by atoms with Gasteiger partial charge in [-0.15, -0.1) is 6.54 Å². The summed E-state index contributed by atoms with van der Waals surface area (Å²) in [7, 11) is 1.58. The summed E-state index contributed by atoms with van der Waals surface area (Å²) in [5.41, 5.74) is 4.74. The average molecular weight is 370 g/mol. The van der Waals surface area contributed by atoms with Gasteiger partial charge in [-0.1, -0.05) is 6.61 Å². The second-order valence-corrected chi connectivity index (χ2v) is 1.10. The van der Waals surface area contributed by atoms with Crippen LogP contribution in [0.15, 0.2) is 0 Å². The van der Waals surface area contributed by atoms with Crippen LogP contribution in [0.1, 0.15) is 0 Å². The molecule has 2 N–H and O–H groups in total. The van der Waals surface area contributed by atoms with E-state index in [4.69, 9.17) is 5.73 Å². The number of nitrogens with two attached hydrogens (primary N) is 1. The Hall–Kier alpha value is 0.893. The van der Waals surface area contributed by atoms with Crippen molar-refractivity contribution in [2.24, 2.45) is 5.73 Å². The van der Waals surface area contributed by atoms with Crippen LogP contribution < -0.4 is 5.73 Å². The maximum absolute atomic E-state index is 4.74. The van der Waals surface area contributed by atoms with Crippen molar-refractivity contribution in [3.05, 3.63) is 13.8 Å². The molecule has 0 aliphatic heterocycles. The zero-order valence-electron chi connectivity index (χ0n) is 6.38. The number of ether oxygens (including phenoxy) is 2. The van der Waals surface area contributed by atoms with Crippen LogP contribution in [0, 0.1) is 43.8 Å². The first-order valence-corrected chi connectivity index (χ1v) is 2.68. The molecule has 0 heterocycles. The van der Waals surface area contributed by atoms with Crippen LogP contribution in [0.4, 0.5) is 0 Å². The predicted molar refractivity (Wildman–Crippen MR) is 37.6 cm³/mol. The van der Waals surface area contributed by atoms with Crippen LogP contribution in [0.3, 0.4) is 0 Å². The van der Waals surface area contributed by atoms with E-state index in [2.05, 4.69) is 23.3 Å². The summed E-state index contributed by atoms with van der Waals surface area (Å²) in [6.45, 7) is 8.02. The fraction of sp³-hybridized carbons (Fsp3) is 0.667. The first-order chi connectivity index (χ1) is 4.33. The smallest absolute Gasteiger partial charge is 0.142 e. The molecule has 0 fully saturated rings. The number of hydrogen-bond donors (Lipinski definition) is 1. The van der Waals surface area contributed by atoms with Crippen LogP contribution >= 0.6 is 0 Å². The van der Waals surface area contributed by atoms with Crippen LogP contribution in [0.2, 0.25) is 0 Å². The van der Waals surface area contributed by atoms with Crippen molar-refractivity contribution in [1.82, 2.24) is 0 Å². The first kappa shape index (κ1) is 17.1.